The van der Waals surface area contributed by atoms with E-state index in [4.69, 9.17) is 9.47 Å². The van der Waals surface area contributed by atoms with Gasteiger partial charge >= 0.3 is 0 Å². The third-order valence-corrected chi connectivity index (χ3v) is 11.3. The molecule has 2 unspecified atom stereocenters. The number of methoxy groups -OCH3 is 2. The average Bonchev–Trinajstić information content (AvgIpc) is 3.32. The van der Waals surface area contributed by atoms with Crippen LogP contribution in [-0.2, 0) is 6.42 Å². The summed E-state index contributed by atoms with van der Waals surface area (Å²) in [6.07, 6.45) is 0.955. The molecule has 0 aromatic heterocycles. The first-order valence-corrected chi connectivity index (χ1v) is 15.3. The fourth-order valence-corrected chi connectivity index (χ4v) is 9.86. The molecule has 1 aliphatic heterocycles. The van der Waals surface area contributed by atoms with Gasteiger partial charge in [-0.1, -0.05) is 99.6 Å². The lowest BCUT2D eigenvalue weighted by molar-refractivity contribution is 0.397. The lowest BCUT2D eigenvalue weighted by Crippen LogP contribution is -2.32. The van der Waals surface area contributed by atoms with Gasteiger partial charge in [0, 0.05) is 11.0 Å². The fraction of sp³-hybridized carbons (Fsp3) is 0.222. The quantitative estimate of drug-likeness (QED) is 0.199. The van der Waals surface area contributed by atoms with E-state index in [0.717, 1.165) is 23.5 Å². The van der Waals surface area contributed by atoms with E-state index in [9.17, 15) is 0 Å². The summed E-state index contributed by atoms with van der Waals surface area (Å²) < 4.78 is 11.8. The van der Waals surface area contributed by atoms with E-state index >= 15 is 0 Å². The third-order valence-electron chi connectivity index (χ3n) is 7.85. The summed E-state index contributed by atoms with van der Waals surface area (Å²) >= 11 is 0. The second-order valence-electron chi connectivity index (χ2n) is 11.3. The third kappa shape index (κ3) is 4.53. The van der Waals surface area contributed by atoms with E-state index in [1.807, 2.05) is 18.2 Å². The molecule has 0 spiro atoms. The first-order valence-electron chi connectivity index (χ1n) is 13.9. The monoisotopic (exact) mass is 545 g/mol. The van der Waals surface area contributed by atoms with Gasteiger partial charge in [0.25, 0.3) is 0 Å². The molecular weight excluding hydrogens is 509 g/mol. The van der Waals surface area contributed by atoms with Crippen LogP contribution in [-0.4, -0.2) is 25.2 Å². The molecule has 0 N–H and O–H groups in total. The fourth-order valence-electron chi connectivity index (χ4n) is 6.25. The molecule has 0 fully saturated rings. The largest absolute Gasteiger partial charge is 0.496 e. The van der Waals surface area contributed by atoms with E-state index in [-0.39, 0.29) is 10.9 Å². The van der Waals surface area contributed by atoms with Gasteiger partial charge in [-0.05, 0) is 71.7 Å². The van der Waals surface area contributed by atoms with Gasteiger partial charge in [-0.3, -0.25) is 0 Å². The van der Waals surface area contributed by atoms with Crippen LogP contribution in [0.25, 0.3) is 21.9 Å². The molecule has 202 valence electrons. The van der Waals surface area contributed by atoms with Crippen molar-refractivity contribution < 1.29 is 9.47 Å². The van der Waals surface area contributed by atoms with Crippen molar-refractivity contribution in [1.82, 2.24) is 0 Å². The van der Waals surface area contributed by atoms with E-state index in [0.29, 0.717) is 0 Å². The van der Waals surface area contributed by atoms with Gasteiger partial charge in [-0.2, -0.15) is 0 Å². The zero-order chi connectivity index (χ0) is 27.9. The van der Waals surface area contributed by atoms with Crippen LogP contribution in [0.4, 0.5) is 11.4 Å². The molecule has 0 saturated heterocycles. The number of anilines is 2. The molecule has 2 atom stereocenters. The number of para-hydroxylation sites is 1. The van der Waals surface area contributed by atoms with Crippen LogP contribution in [0.1, 0.15) is 26.3 Å². The van der Waals surface area contributed by atoms with Gasteiger partial charge in [0.1, 0.15) is 11.5 Å². The molecule has 4 heteroatoms. The second-order valence-corrected chi connectivity index (χ2v) is 14.4. The van der Waals surface area contributed by atoms with E-state index in [2.05, 4.69) is 117 Å². The van der Waals surface area contributed by atoms with Crippen LogP contribution in [0.3, 0.4) is 0 Å². The molecule has 1 aliphatic rings. The predicted octanol–water partition coefficient (Wildman–Crippen LogP) is 9.15. The van der Waals surface area contributed by atoms with Crippen LogP contribution in [0, 0.1) is 0 Å². The first kappa shape index (κ1) is 26.4. The number of fused-ring (bicyclic) bond motifs is 2. The van der Waals surface area contributed by atoms with Gasteiger partial charge in [-0.15, -0.1) is 0 Å². The molecule has 5 aromatic carbocycles. The van der Waals surface area contributed by atoms with Crippen molar-refractivity contribution in [2.75, 3.05) is 19.1 Å². The van der Waals surface area contributed by atoms with Gasteiger partial charge in [0.2, 0.25) is 0 Å². The van der Waals surface area contributed by atoms with E-state index < -0.39 is 7.92 Å². The molecule has 6 rings (SSSR count). The van der Waals surface area contributed by atoms with E-state index in [1.165, 1.54) is 38.6 Å². The highest BCUT2D eigenvalue weighted by Gasteiger charge is 2.46. The van der Waals surface area contributed by atoms with Crippen LogP contribution in [0.15, 0.2) is 109 Å². The maximum Gasteiger partial charge on any atom is 0.130 e. The minimum Gasteiger partial charge on any atom is -0.496 e. The summed E-state index contributed by atoms with van der Waals surface area (Å²) in [4.78, 5) is 2.61. The number of hydrogen-bond acceptors (Lipinski definition) is 3. The molecule has 0 aliphatic carbocycles. The molecule has 0 radical (unpaired) electrons. The SMILES string of the molecule is COc1cccc(OC)c1-c1cccc2c1P(C(C)(C)C)C(Cc1cccc3ccccc13)N2c1ccccc1. The molecule has 0 amide bonds. The number of ether oxygens (including phenoxy) is 2. The van der Waals surface area contributed by atoms with Crippen LogP contribution >= 0.6 is 7.92 Å². The molecule has 5 aromatic rings. The van der Waals surface area contributed by atoms with Crippen molar-refractivity contribution in [2.24, 2.45) is 0 Å². The zero-order valence-electron chi connectivity index (χ0n) is 23.9. The smallest absolute Gasteiger partial charge is 0.130 e. The maximum absolute atomic E-state index is 5.92. The lowest BCUT2D eigenvalue weighted by Gasteiger charge is -2.37. The van der Waals surface area contributed by atoms with Crippen LogP contribution in [0.5, 0.6) is 11.5 Å². The summed E-state index contributed by atoms with van der Waals surface area (Å²) in [5, 5.41) is 4.10. The standard InChI is InChI=1S/C36H36NO2P/c1-36(2,3)40-33(24-26-16-11-15-25-14-9-10-19-28(25)26)37(27-17-7-6-8-18-27)30-21-12-20-29(35(30)40)34-31(38-4)22-13-23-32(34)39-5/h6-23,33H,24H2,1-5H3. The van der Waals surface area contributed by atoms with Crippen LogP contribution < -0.4 is 19.7 Å². The predicted molar refractivity (Wildman–Crippen MR) is 171 cm³/mol. The average molecular weight is 546 g/mol. The molecule has 0 bridgehead atoms. The van der Waals surface area contributed by atoms with Crippen molar-refractivity contribution in [2.45, 2.75) is 38.1 Å². The van der Waals surface area contributed by atoms with Crippen molar-refractivity contribution in [3.05, 3.63) is 115 Å². The summed E-state index contributed by atoms with van der Waals surface area (Å²) in [6.45, 7) is 7.22. The zero-order valence-corrected chi connectivity index (χ0v) is 24.8. The Morgan fingerprint density at radius 1 is 0.700 bits per heavy atom. The summed E-state index contributed by atoms with van der Waals surface area (Å²) in [5.74, 6) is 1.95. The number of rotatable bonds is 6. The van der Waals surface area contributed by atoms with Gasteiger partial charge in [0.05, 0.1) is 31.3 Å². The minimum atomic E-state index is -0.672. The molecule has 1 heterocycles. The van der Waals surface area contributed by atoms with Crippen molar-refractivity contribution in [3.63, 3.8) is 0 Å². The summed E-state index contributed by atoms with van der Waals surface area (Å²) in [6, 6.07) is 39.2. The Balaban J connectivity index is 1.62. The molecule has 40 heavy (non-hydrogen) atoms. The highest BCUT2D eigenvalue weighted by Crippen LogP contribution is 2.64. The van der Waals surface area contributed by atoms with Gasteiger partial charge < -0.3 is 14.4 Å². The Hall–Kier alpha value is -3.81. The van der Waals surface area contributed by atoms with Crippen LogP contribution in [0.2, 0.25) is 0 Å². The van der Waals surface area contributed by atoms with Crippen molar-refractivity contribution in [1.29, 1.82) is 0 Å². The van der Waals surface area contributed by atoms with Gasteiger partial charge in [0.15, 0.2) is 0 Å². The van der Waals surface area contributed by atoms with Crippen molar-refractivity contribution >= 4 is 35.4 Å². The second kappa shape index (κ2) is 10.6. The Kier molecular flexibility index (Phi) is 7.02. The highest BCUT2D eigenvalue weighted by molar-refractivity contribution is 7.69. The van der Waals surface area contributed by atoms with Gasteiger partial charge in [-0.25, -0.2) is 0 Å². The Bertz CT molecular complexity index is 1630. The number of hydrogen-bond donors (Lipinski definition) is 0. The lowest BCUT2D eigenvalue weighted by atomic mass is 10.0. The number of benzene rings is 5. The number of nitrogens with zero attached hydrogens (tertiary/aromatic N) is 1. The molecule has 0 saturated carbocycles. The Morgan fingerprint density at radius 3 is 2.02 bits per heavy atom. The maximum atomic E-state index is 5.92. The Morgan fingerprint density at radius 2 is 1.32 bits per heavy atom. The molecule has 3 nitrogen and oxygen atoms in total. The topological polar surface area (TPSA) is 21.7 Å². The normalized spacial score (nSPS) is 16.7. The highest BCUT2D eigenvalue weighted by atomic mass is 31.1. The summed E-state index contributed by atoms with van der Waals surface area (Å²) in [7, 11) is 2.82. The van der Waals surface area contributed by atoms with Crippen molar-refractivity contribution in [3.8, 4) is 22.6 Å². The Labute approximate surface area is 239 Å². The van der Waals surface area contributed by atoms with E-state index in [1.54, 1.807) is 14.2 Å². The summed E-state index contributed by atoms with van der Waals surface area (Å²) in [5.41, 5.74) is 6.13. The minimum absolute atomic E-state index is 0.0498. The first-order chi connectivity index (χ1) is 19.4. The molecular formula is C36H36NO2P.